The molecule has 42 heavy (non-hydrogen) atoms. The minimum atomic E-state index is -1.31. The van der Waals surface area contributed by atoms with Crippen LogP contribution in [-0.4, -0.2) is 61.7 Å². The molecule has 0 fully saturated rings. The number of nitrogens with one attached hydrogen (secondary N) is 1. The third-order valence-electron chi connectivity index (χ3n) is 6.57. The summed E-state index contributed by atoms with van der Waals surface area (Å²) in [6.07, 6.45) is 1.62. The monoisotopic (exact) mass is 580 g/mol. The van der Waals surface area contributed by atoms with Gasteiger partial charge in [0.1, 0.15) is 17.1 Å². The van der Waals surface area contributed by atoms with Crippen LogP contribution in [-0.2, 0) is 25.5 Å². The van der Waals surface area contributed by atoms with E-state index < -0.39 is 53.2 Å². The van der Waals surface area contributed by atoms with Gasteiger partial charge in [-0.2, -0.15) is 0 Å². The minimum absolute atomic E-state index is 0.0112. The molecular weight excluding hydrogens is 547 g/mol. The summed E-state index contributed by atoms with van der Waals surface area (Å²) in [4.78, 5) is 56.6. The number of aliphatic hydroxyl groups excluding tert-OH is 1. The van der Waals surface area contributed by atoms with Crippen LogP contribution in [0.1, 0.15) is 49.2 Å². The summed E-state index contributed by atoms with van der Waals surface area (Å²) in [7, 11) is 0. The summed E-state index contributed by atoms with van der Waals surface area (Å²) in [6, 6.07) is 11.7. The Balaban J connectivity index is 1.75. The van der Waals surface area contributed by atoms with Crippen LogP contribution in [0.5, 0.6) is 0 Å². The fourth-order valence-corrected chi connectivity index (χ4v) is 4.36. The quantitative estimate of drug-likeness (QED) is 0.165. The first kappa shape index (κ1) is 31.8. The van der Waals surface area contributed by atoms with Gasteiger partial charge < -0.3 is 26.0 Å². The van der Waals surface area contributed by atoms with Gasteiger partial charge in [0.2, 0.25) is 5.91 Å². The zero-order chi connectivity index (χ0) is 30.9. The van der Waals surface area contributed by atoms with Crippen LogP contribution in [0.15, 0.2) is 66.9 Å². The third-order valence-corrected chi connectivity index (χ3v) is 6.57. The summed E-state index contributed by atoms with van der Waals surface area (Å²) in [5.74, 6) is -4.87. The molecule has 222 valence electrons. The number of carboxylic acids is 1. The van der Waals surface area contributed by atoms with Gasteiger partial charge >= 0.3 is 11.9 Å². The first-order chi connectivity index (χ1) is 19.8. The van der Waals surface area contributed by atoms with Gasteiger partial charge in [-0.1, -0.05) is 24.3 Å². The Morgan fingerprint density at radius 3 is 2.48 bits per heavy atom. The molecule has 0 bridgehead atoms. The normalized spacial score (nSPS) is 13.8. The topological polar surface area (TPSA) is 182 Å². The number of para-hydroxylation sites is 2. The number of nitrogens with zero attached hydrogens (tertiary/aromatic N) is 2. The van der Waals surface area contributed by atoms with E-state index in [-0.39, 0.29) is 31.4 Å². The van der Waals surface area contributed by atoms with E-state index in [9.17, 15) is 28.7 Å². The first-order valence-corrected chi connectivity index (χ1v) is 13.2. The van der Waals surface area contributed by atoms with Crippen molar-refractivity contribution < 1.29 is 38.5 Å². The van der Waals surface area contributed by atoms with Crippen LogP contribution >= 0.6 is 0 Å². The summed E-state index contributed by atoms with van der Waals surface area (Å²) in [5, 5.41) is 22.6. The van der Waals surface area contributed by atoms with E-state index in [0.717, 1.165) is 6.08 Å². The lowest BCUT2D eigenvalue weighted by Crippen LogP contribution is -2.46. The van der Waals surface area contributed by atoms with Gasteiger partial charge in [-0.25, -0.2) is 19.0 Å². The number of aliphatic hydroxyl groups is 1. The molecule has 0 spiro atoms. The fraction of sp³-hybridized carbons (Fsp3) is 0.333. The van der Waals surface area contributed by atoms with Crippen LogP contribution in [0.25, 0.3) is 11.0 Å². The fourth-order valence-electron chi connectivity index (χ4n) is 4.36. The van der Waals surface area contributed by atoms with Gasteiger partial charge in [0, 0.05) is 18.1 Å². The Hall–Kier alpha value is -4.71. The number of esters is 1. The van der Waals surface area contributed by atoms with E-state index in [4.69, 9.17) is 15.6 Å². The highest BCUT2D eigenvalue weighted by atomic mass is 19.1. The highest BCUT2D eigenvalue weighted by Crippen LogP contribution is 2.25. The lowest BCUT2D eigenvalue weighted by Gasteiger charge is -2.29. The van der Waals surface area contributed by atoms with Gasteiger partial charge in [0.25, 0.3) is 5.91 Å². The molecule has 3 atom stereocenters. The number of fused-ring (bicyclic) bond motifs is 1. The van der Waals surface area contributed by atoms with E-state index in [2.05, 4.69) is 15.3 Å². The largest absolute Gasteiger partial charge is 0.478 e. The molecule has 1 heterocycles. The number of benzene rings is 2. The first-order valence-electron chi connectivity index (χ1n) is 13.2. The van der Waals surface area contributed by atoms with Crippen molar-refractivity contribution in [2.24, 2.45) is 11.7 Å². The second-order valence-electron chi connectivity index (χ2n) is 10.5. The van der Waals surface area contributed by atoms with Crippen molar-refractivity contribution in [3.05, 3.63) is 84.0 Å². The van der Waals surface area contributed by atoms with Crippen LogP contribution in [0.4, 0.5) is 4.39 Å². The molecule has 11 nitrogen and oxygen atoms in total. The molecule has 2 aromatic carbocycles. The highest BCUT2D eigenvalue weighted by Gasteiger charge is 2.31. The van der Waals surface area contributed by atoms with Gasteiger partial charge in [0.15, 0.2) is 0 Å². The Morgan fingerprint density at radius 2 is 1.81 bits per heavy atom. The van der Waals surface area contributed by atoms with Crippen molar-refractivity contribution in [2.75, 3.05) is 0 Å². The maximum Gasteiger partial charge on any atom is 0.331 e. The van der Waals surface area contributed by atoms with Crippen molar-refractivity contribution in [1.29, 1.82) is 0 Å². The van der Waals surface area contributed by atoms with Gasteiger partial charge in [0.05, 0.1) is 29.4 Å². The number of carboxylic acid groups (broad SMARTS) is 1. The zero-order valence-corrected chi connectivity index (χ0v) is 23.2. The van der Waals surface area contributed by atoms with Crippen LogP contribution in [0, 0.1) is 11.7 Å². The molecule has 2 amide bonds. The van der Waals surface area contributed by atoms with Crippen molar-refractivity contribution in [1.82, 2.24) is 15.3 Å². The summed E-state index contributed by atoms with van der Waals surface area (Å²) in [6.45, 7) is 3.18. The third kappa shape index (κ3) is 9.73. The standard InChI is InChI=1S/C30H33FN4O7/c1-30(2,42-27(39)11-10-26(37)38)13-12-19(28(32)40)16-25(36)23(15-18-6-5-7-20(31)14-18)35-29(41)24-17-33-21-8-3-4-9-22(21)34-24/h3-11,14,17,19,23,25,36H,12-13,15-16H2,1-2H3,(H2,32,40)(H,35,41)(H,37,38)/b11-10-. The second kappa shape index (κ2) is 14.3. The molecular formula is C30H33FN4O7. The molecule has 3 rings (SSSR count). The number of aromatic nitrogens is 2. The summed E-state index contributed by atoms with van der Waals surface area (Å²) in [5.41, 5.74) is 6.16. The van der Waals surface area contributed by atoms with Gasteiger partial charge in [-0.3, -0.25) is 14.6 Å². The van der Waals surface area contributed by atoms with Crippen LogP contribution in [0.3, 0.4) is 0 Å². The van der Waals surface area contributed by atoms with Crippen molar-refractivity contribution in [2.45, 2.75) is 57.3 Å². The number of primary amides is 1. The molecule has 0 aliphatic rings. The van der Waals surface area contributed by atoms with Crippen molar-refractivity contribution in [3.8, 4) is 0 Å². The number of nitrogens with two attached hydrogens (primary N) is 1. The molecule has 12 heteroatoms. The number of hydrogen-bond acceptors (Lipinski definition) is 8. The maximum absolute atomic E-state index is 13.9. The minimum Gasteiger partial charge on any atom is -0.478 e. The molecule has 0 saturated heterocycles. The van der Waals surface area contributed by atoms with E-state index in [0.29, 0.717) is 22.7 Å². The smallest absolute Gasteiger partial charge is 0.331 e. The lowest BCUT2D eigenvalue weighted by atomic mass is 9.87. The molecule has 0 saturated carbocycles. The highest BCUT2D eigenvalue weighted by molar-refractivity contribution is 5.94. The van der Waals surface area contributed by atoms with Gasteiger partial charge in [-0.05, 0) is 69.4 Å². The molecule has 0 aliphatic heterocycles. The van der Waals surface area contributed by atoms with Crippen molar-refractivity contribution >= 4 is 34.8 Å². The Labute approximate surface area is 241 Å². The number of amides is 2. The lowest BCUT2D eigenvalue weighted by molar-refractivity contribution is -0.151. The predicted molar refractivity (Wildman–Crippen MR) is 150 cm³/mol. The number of carbonyl (C=O) groups is 4. The van der Waals surface area contributed by atoms with E-state index in [1.165, 1.54) is 24.4 Å². The maximum atomic E-state index is 13.9. The number of ether oxygens (including phenoxy) is 1. The van der Waals surface area contributed by atoms with Gasteiger partial charge in [-0.15, -0.1) is 0 Å². The summed E-state index contributed by atoms with van der Waals surface area (Å²) < 4.78 is 19.2. The number of halogens is 1. The number of hydrogen-bond donors (Lipinski definition) is 4. The summed E-state index contributed by atoms with van der Waals surface area (Å²) >= 11 is 0. The average molecular weight is 581 g/mol. The average Bonchev–Trinajstić information content (AvgIpc) is 2.93. The molecule has 3 aromatic rings. The predicted octanol–water partition coefficient (Wildman–Crippen LogP) is 2.71. The molecule has 0 aliphatic carbocycles. The second-order valence-corrected chi connectivity index (χ2v) is 10.5. The number of rotatable bonds is 14. The number of aliphatic carboxylic acids is 1. The SMILES string of the molecule is CC(C)(CCC(CC(O)C(Cc1cccc(F)c1)NC(=O)c1cnc2ccccc2n1)C(N)=O)OC(=O)/C=C\C(=O)O. The molecule has 0 radical (unpaired) electrons. The van der Waals surface area contributed by atoms with E-state index in [1.54, 1.807) is 44.2 Å². The Morgan fingerprint density at radius 1 is 1.10 bits per heavy atom. The zero-order valence-electron chi connectivity index (χ0n) is 23.2. The van der Waals surface area contributed by atoms with Crippen LogP contribution in [0.2, 0.25) is 0 Å². The molecule has 1 aromatic heterocycles. The Bertz CT molecular complexity index is 1480. The van der Waals surface area contributed by atoms with Crippen LogP contribution < -0.4 is 11.1 Å². The van der Waals surface area contributed by atoms with Crippen molar-refractivity contribution in [3.63, 3.8) is 0 Å². The Kier molecular flexibility index (Phi) is 10.8. The van der Waals surface area contributed by atoms with E-state index >= 15 is 0 Å². The molecule has 5 N–H and O–H groups in total. The molecule has 3 unspecified atom stereocenters. The number of carbonyl (C=O) groups excluding carboxylic acids is 3. The van der Waals surface area contributed by atoms with E-state index in [1.807, 2.05) is 0 Å².